The van der Waals surface area contributed by atoms with Crippen LogP contribution in [0.4, 0.5) is 11.8 Å². The second-order valence-corrected chi connectivity index (χ2v) is 13.2. The third-order valence-corrected chi connectivity index (χ3v) is 9.68. The Bertz CT molecular complexity index is 1970. The number of rotatable bonds is 2. The zero-order valence-corrected chi connectivity index (χ0v) is 24.4. The van der Waals surface area contributed by atoms with E-state index in [0.717, 1.165) is 0 Å². The highest BCUT2D eigenvalue weighted by molar-refractivity contribution is 7.84. The maximum absolute atomic E-state index is 13.3. The molecule has 236 valence electrons. The van der Waals surface area contributed by atoms with Gasteiger partial charge in [-0.15, -0.1) is 0 Å². The van der Waals surface area contributed by atoms with Crippen LogP contribution < -0.4 is 21.7 Å². The molecule has 3 aliphatic heterocycles. The van der Waals surface area contributed by atoms with Gasteiger partial charge in [0.15, 0.2) is 28.9 Å². The van der Waals surface area contributed by atoms with Gasteiger partial charge in [-0.05, 0) is 0 Å². The number of nitrogens with zero attached hydrogens (tertiary/aromatic N) is 7. The van der Waals surface area contributed by atoms with Crippen molar-refractivity contribution in [1.82, 2.24) is 43.8 Å². The topological polar surface area (TPSA) is 289 Å². The smallest absolute Gasteiger partial charge is 0.382 e. The van der Waals surface area contributed by atoms with Crippen molar-refractivity contribution in [3.05, 3.63) is 29.3 Å². The lowest BCUT2D eigenvalue weighted by molar-refractivity contribution is -0.0535. The molecule has 0 spiro atoms. The van der Waals surface area contributed by atoms with E-state index in [0.29, 0.717) is 11.2 Å². The third-order valence-electron chi connectivity index (χ3n) is 7.67. The number of nitrogens with two attached hydrogens (primary N) is 2. The first-order chi connectivity index (χ1) is 20.9. The second-order valence-electron chi connectivity index (χ2n) is 10.4. The SMILES string of the molecule is C[C@H]1[C@H]2OP(=O)(O)OC[C@H]3OC(n4cnc5c(N)ncnc54)C[C@@H]3OS(=O)(=O)NC[C@H]1O[C@H]2n1cnc2c(=O)[nH]c(N)nc21. The third kappa shape index (κ3) is 5.12. The molecule has 3 aliphatic rings. The van der Waals surface area contributed by atoms with E-state index >= 15 is 0 Å². The number of ether oxygens (including phenoxy) is 2. The molecule has 0 amide bonds. The average Bonchev–Trinajstić information content (AvgIpc) is 3.72. The van der Waals surface area contributed by atoms with Gasteiger partial charge in [-0.2, -0.15) is 18.1 Å². The molecule has 0 saturated carbocycles. The zero-order valence-electron chi connectivity index (χ0n) is 22.7. The fourth-order valence-corrected chi connectivity index (χ4v) is 7.49. The maximum atomic E-state index is 13.3. The minimum absolute atomic E-state index is 0.0173. The van der Waals surface area contributed by atoms with Crippen LogP contribution in [0.25, 0.3) is 22.3 Å². The first kappa shape index (κ1) is 29.1. The van der Waals surface area contributed by atoms with Gasteiger partial charge < -0.3 is 25.8 Å². The van der Waals surface area contributed by atoms with E-state index in [2.05, 4.69) is 34.6 Å². The van der Waals surface area contributed by atoms with Gasteiger partial charge in [0.05, 0.1) is 25.4 Å². The Morgan fingerprint density at radius 2 is 1.82 bits per heavy atom. The van der Waals surface area contributed by atoms with Crippen molar-refractivity contribution in [2.75, 3.05) is 24.6 Å². The van der Waals surface area contributed by atoms with Crippen molar-refractivity contribution in [1.29, 1.82) is 0 Å². The molecule has 21 nitrogen and oxygen atoms in total. The van der Waals surface area contributed by atoms with Gasteiger partial charge in [0.2, 0.25) is 5.95 Å². The molecule has 0 aliphatic carbocycles. The summed E-state index contributed by atoms with van der Waals surface area (Å²) < 4.78 is 73.1. The van der Waals surface area contributed by atoms with Crippen molar-refractivity contribution < 1.29 is 40.6 Å². The van der Waals surface area contributed by atoms with Crippen LogP contribution in [0.2, 0.25) is 0 Å². The lowest BCUT2D eigenvalue weighted by Gasteiger charge is -2.25. The van der Waals surface area contributed by atoms with Gasteiger partial charge in [0.1, 0.15) is 36.4 Å². The number of nitrogens with one attached hydrogen (secondary N) is 2. The molecular weight excluding hydrogens is 629 g/mol. The van der Waals surface area contributed by atoms with Crippen LogP contribution in [0.1, 0.15) is 25.8 Å². The van der Waals surface area contributed by atoms with Gasteiger partial charge >= 0.3 is 18.1 Å². The Morgan fingerprint density at radius 3 is 2.64 bits per heavy atom. The number of H-pyrrole nitrogens is 1. The van der Waals surface area contributed by atoms with E-state index in [1.165, 1.54) is 28.1 Å². The van der Waals surface area contributed by atoms with E-state index in [4.69, 9.17) is 34.2 Å². The molecule has 0 aromatic carbocycles. The molecule has 2 bridgehead atoms. The minimum Gasteiger partial charge on any atom is -0.382 e. The van der Waals surface area contributed by atoms with Crippen LogP contribution in [0.5, 0.6) is 0 Å². The standard InChI is InChI=1S/C21H26N11O10PS/c1-8-10-3-28-44(36,37)42-9-2-12(31-6-26-13-16(22)24-5-25-17(13)31)39-11(9)4-38-43(34,35)41-15(8)20(40-10)32-7-27-14-18(32)29-21(23)30-19(14)33/h5-12,15,20,28H,2-4H2,1H3,(H,34,35)(H2,22,24,25)(H3,23,29,30,33)/t8-,9+,10-,11-,12?,15-,20-/m1/s1. The number of phosphoric ester groups is 1. The molecule has 4 aromatic heterocycles. The summed E-state index contributed by atoms with van der Waals surface area (Å²) in [5, 5.41) is 0. The van der Waals surface area contributed by atoms with E-state index in [-0.39, 0.29) is 35.9 Å². The minimum atomic E-state index is -4.85. The molecule has 7 N–H and O–H groups in total. The number of hydrogen-bond acceptors (Lipinski definition) is 16. The molecule has 7 heterocycles. The molecular formula is C21H26N11O10PS. The highest BCUT2D eigenvalue weighted by Gasteiger charge is 2.50. The van der Waals surface area contributed by atoms with Crippen LogP contribution in [0.15, 0.2) is 23.8 Å². The van der Waals surface area contributed by atoms with Crippen LogP contribution >= 0.6 is 7.82 Å². The number of imidazole rings is 2. The molecule has 8 atom stereocenters. The summed E-state index contributed by atoms with van der Waals surface area (Å²) in [6, 6.07) is 0. The zero-order chi connectivity index (χ0) is 31.0. The monoisotopic (exact) mass is 655 g/mol. The number of nitrogen functional groups attached to an aromatic ring is 2. The molecule has 44 heavy (non-hydrogen) atoms. The van der Waals surface area contributed by atoms with Crippen LogP contribution in [0, 0.1) is 5.92 Å². The molecule has 23 heteroatoms. The highest BCUT2D eigenvalue weighted by Crippen LogP contribution is 2.51. The summed E-state index contributed by atoms with van der Waals surface area (Å²) in [6.07, 6.45) is -2.57. The van der Waals surface area contributed by atoms with Gasteiger partial charge in [-0.1, -0.05) is 6.92 Å². The Hall–Kier alpha value is -3.60. The van der Waals surface area contributed by atoms with Crippen molar-refractivity contribution in [2.45, 2.75) is 50.2 Å². The fourth-order valence-electron chi connectivity index (χ4n) is 5.52. The van der Waals surface area contributed by atoms with Crippen LogP contribution in [-0.2, 0) is 37.6 Å². The Morgan fingerprint density at radius 1 is 1.05 bits per heavy atom. The number of phosphoric acid groups is 1. The summed E-state index contributed by atoms with van der Waals surface area (Å²) in [5.41, 5.74) is 11.6. The second kappa shape index (κ2) is 10.5. The molecule has 0 radical (unpaired) electrons. The molecule has 4 aromatic rings. The maximum Gasteiger partial charge on any atom is 0.472 e. The van der Waals surface area contributed by atoms with E-state index in [9.17, 15) is 22.7 Å². The fraction of sp³-hybridized carbons (Fsp3) is 0.524. The number of fused-ring (bicyclic) bond motifs is 5. The van der Waals surface area contributed by atoms with Gasteiger partial charge in [-0.25, -0.2) is 24.5 Å². The largest absolute Gasteiger partial charge is 0.472 e. The molecule has 7 rings (SSSR count). The molecule has 3 fully saturated rings. The van der Waals surface area contributed by atoms with Crippen molar-refractivity contribution >= 4 is 52.2 Å². The number of anilines is 2. The predicted molar refractivity (Wildman–Crippen MR) is 146 cm³/mol. The lowest BCUT2D eigenvalue weighted by Crippen LogP contribution is -2.39. The van der Waals surface area contributed by atoms with Crippen molar-refractivity contribution in [3.63, 3.8) is 0 Å². The van der Waals surface area contributed by atoms with E-state index < -0.39 is 73.1 Å². The summed E-state index contributed by atoms with van der Waals surface area (Å²) in [6.45, 7) is 0.737. The quantitative estimate of drug-likeness (QED) is 0.156. The van der Waals surface area contributed by atoms with Crippen LogP contribution in [-0.4, -0.2) is 89.9 Å². The normalized spacial score (nSPS) is 34.4. The van der Waals surface area contributed by atoms with E-state index in [1.54, 1.807) is 6.92 Å². The molecule has 3 saturated heterocycles. The number of hydrogen-bond donors (Lipinski definition) is 5. The Labute approximate surface area is 246 Å². The highest BCUT2D eigenvalue weighted by atomic mass is 32.2. The first-order valence-electron chi connectivity index (χ1n) is 13.2. The molecule has 2 unspecified atom stereocenters. The van der Waals surface area contributed by atoms with Crippen molar-refractivity contribution in [2.24, 2.45) is 5.92 Å². The van der Waals surface area contributed by atoms with Gasteiger partial charge in [0.25, 0.3) is 5.56 Å². The number of aromatic nitrogens is 8. The van der Waals surface area contributed by atoms with Crippen molar-refractivity contribution in [3.8, 4) is 0 Å². The lowest BCUT2D eigenvalue weighted by atomic mass is 10.0. The van der Waals surface area contributed by atoms with Crippen LogP contribution in [0.3, 0.4) is 0 Å². The Balaban J connectivity index is 1.19. The van der Waals surface area contributed by atoms with Gasteiger partial charge in [-0.3, -0.25) is 32.1 Å². The first-order valence-corrected chi connectivity index (χ1v) is 16.1. The van der Waals surface area contributed by atoms with E-state index in [1.807, 2.05) is 0 Å². The van der Waals surface area contributed by atoms with Gasteiger partial charge in [0, 0.05) is 18.9 Å². The summed E-state index contributed by atoms with van der Waals surface area (Å²) in [5.74, 6) is -0.747. The number of aromatic amines is 1. The summed E-state index contributed by atoms with van der Waals surface area (Å²) in [4.78, 5) is 45.9. The predicted octanol–water partition coefficient (Wildman–Crippen LogP) is -1.32. The summed E-state index contributed by atoms with van der Waals surface area (Å²) >= 11 is 0. The summed E-state index contributed by atoms with van der Waals surface area (Å²) in [7, 11) is -9.26. The Kier molecular flexibility index (Phi) is 6.95. The average molecular weight is 656 g/mol.